The molecule has 2 fully saturated rings. The van der Waals surface area contributed by atoms with Crippen molar-refractivity contribution in [2.45, 2.75) is 31.3 Å². The number of hydrogen-bond acceptors (Lipinski definition) is 8. The van der Waals surface area contributed by atoms with E-state index in [2.05, 4.69) is 42.7 Å². The number of likely N-dealkylation sites (N-methyl/N-ethyl adjacent to an activating group) is 1. The smallest absolute Gasteiger partial charge is 0.256 e. The fourth-order valence-electron chi connectivity index (χ4n) is 4.90. The Hall–Kier alpha value is -4.77. The zero-order valence-electron chi connectivity index (χ0n) is 22.8. The van der Waals surface area contributed by atoms with E-state index in [1.54, 1.807) is 60.9 Å². The highest BCUT2D eigenvalue weighted by atomic mass is 16.5. The minimum Gasteiger partial charge on any atom is -0.456 e. The van der Waals surface area contributed by atoms with Crippen LogP contribution < -0.4 is 15.4 Å². The average Bonchev–Trinajstić information content (AvgIpc) is 3.61. The Balaban J connectivity index is 1.09. The van der Waals surface area contributed by atoms with Gasteiger partial charge >= 0.3 is 0 Å². The summed E-state index contributed by atoms with van der Waals surface area (Å²) in [7, 11) is 2.10. The van der Waals surface area contributed by atoms with E-state index in [0.29, 0.717) is 53.5 Å². The van der Waals surface area contributed by atoms with Crippen LogP contribution in [0.5, 0.6) is 11.5 Å². The van der Waals surface area contributed by atoms with Crippen LogP contribution in [0.3, 0.4) is 0 Å². The van der Waals surface area contributed by atoms with E-state index in [-0.39, 0.29) is 17.9 Å². The summed E-state index contributed by atoms with van der Waals surface area (Å²) in [5.41, 5.74) is 1.07. The van der Waals surface area contributed by atoms with Crippen LogP contribution in [0.4, 0.5) is 11.6 Å². The molecule has 11 nitrogen and oxygen atoms in total. The summed E-state index contributed by atoms with van der Waals surface area (Å²) < 4.78 is 6.19. The quantitative estimate of drug-likeness (QED) is 0.251. The minimum atomic E-state index is -0.256. The van der Waals surface area contributed by atoms with Gasteiger partial charge in [0.2, 0.25) is 5.91 Å². The number of aromatic nitrogens is 4. The molecule has 0 radical (unpaired) electrons. The first-order valence-corrected chi connectivity index (χ1v) is 13.8. The number of nitrogens with zero attached hydrogens (tertiary/aromatic N) is 5. The number of fused-ring (bicyclic) bond motifs is 1. The molecule has 1 atom stereocenters. The summed E-state index contributed by atoms with van der Waals surface area (Å²) >= 11 is 0. The van der Waals surface area contributed by atoms with Gasteiger partial charge in [0.1, 0.15) is 22.7 Å². The number of aromatic amines is 1. The Labute approximate surface area is 237 Å². The van der Waals surface area contributed by atoms with Crippen LogP contribution in [0.25, 0.3) is 11.0 Å². The summed E-state index contributed by atoms with van der Waals surface area (Å²) in [5.74, 6) is 2.03. The van der Waals surface area contributed by atoms with Gasteiger partial charge in [-0.15, -0.1) is 0 Å². The Kier molecular flexibility index (Phi) is 7.59. The van der Waals surface area contributed by atoms with Crippen molar-refractivity contribution in [3.05, 3.63) is 78.6 Å². The predicted octanol–water partition coefficient (Wildman–Crippen LogP) is 4.06. The number of anilines is 2. The van der Waals surface area contributed by atoms with Crippen molar-refractivity contribution in [3.63, 3.8) is 0 Å². The van der Waals surface area contributed by atoms with E-state index in [1.807, 2.05) is 17.0 Å². The highest BCUT2D eigenvalue weighted by molar-refractivity contribution is 6.03. The number of ether oxygens (including phenoxy) is 1. The molecule has 0 spiro atoms. The number of benzene rings is 1. The minimum absolute atomic E-state index is 0.0354. The highest BCUT2D eigenvalue weighted by Gasteiger charge is 2.27. The van der Waals surface area contributed by atoms with Crippen LogP contribution in [-0.2, 0) is 4.79 Å². The molecule has 4 heterocycles. The number of rotatable bonds is 10. The zero-order chi connectivity index (χ0) is 28.2. The summed E-state index contributed by atoms with van der Waals surface area (Å²) in [6, 6.07) is 14.7. The Morgan fingerprint density at radius 3 is 2.73 bits per heavy atom. The van der Waals surface area contributed by atoms with Gasteiger partial charge in [-0.25, -0.2) is 9.97 Å². The van der Waals surface area contributed by atoms with Crippen molar-refractivity contribution in [1.29, 1.82) is 0 Å². The first kappa shape index (κ1) is 26.5. The average molecular weight is 553 g/mol. The van der Waals surface area contributed by atoms with Crippen molar-refractivity contribution in [1.82, 2.24) is 30.0 Å². The molecule has 0 bridgehead atoms. The maximum absolute atomic E-state index is 12.7. The van der Waals surface area contributed by atoms with Crippen LogP contribution in [0.15, 0.2) is 73.1 Å². The van der Waals surface area contributed by atoms with Gasteiger partial charge in [-0.3, -0.25) is 19.6 Å². The fraction of sp³-hybridized carbons (Fsp3) is 0.300. The lowest BCUT2D eigenvalue weighted by atomic mass is 10.2. The van der Waals surface area contributed by atoms with Crippen LogP contribution in [0, 0.1) is 0 Å². The van der Waals surface area contributed by atoms with Gasteiger partial charge in [-0.1, -0.05) is 12.1 Å². The van der Waals surface area contributed by atoms with E-state index in [1.165, 1.54) is 12.8 Å². The molecule has 1 aliphatic heterocycles. The van der Waals surface area contributed by atoms with Crippen molar-refractivity contribution < 1.29 is 14.3 Å². The molecule has 4 aromatic rings. The van der Waals surface area contributed by atoms with Crippen molar-refractivity contribution in [2.75, 3.05) is 37.3 Å². The first-order valence-electron chi connectivity index (χ1n) is 13.8. The molecule has 210 valence electrons. The van der Waals surface area contributed by atoms with Gasteiger partial charge in [0.25, 0.3) is 5.91 Å². The molecule has 1 saturated heterocycles. The standard InChI is InChI=1S/C30H32N8O3/c1-37(22-9-10-22)17-4-6-26(39)38-18-14-21(19-38)33-29-27-24(13-16-32-28(27)35-36-29)41-23-11-7-20(8-12-23)30(40)34-25-5-2-3-15-31-25/h2-8,11-13,15-16,21-22H,9-10,14,17-19H2,1H3,(H,31,34,40)(H2,32,33,35,36)/t21-/m1/s1. The molecule has 1 aromatic carbocycles. The third-order valence-electron chi connectivity index (χ3n) is 7.34. The van der Waals surface area contributed by atoms with Gasteiger partial charge in [-0.2, -0.15) is 5.10 Å². The number of pyridine rings is 2. The van der Waals surface area contributed by atoms with Crippen LogP contribution >= 0.6 is 0 Å². The fourth-order valence-corrected chi connectivity index (χ4v) is 4.90. The second-order valence-corrected chi connectivity index (χ2v) is 10.4. The SMILES string of the molecule is CN(CC=CC(=O)N1CC[C@@H](Nc2n[nH]c3nccc(Oc4ccc(C(=O)Nc5ccccn5)cc4)c23)C1)C1CC1. The van der Waals surface area contributed by atoms with Crippen molar-refractivity contribution in [3.8, 4) is 11.5 Å². The molecule has 3 aromatic heterocycles. The number of carbonyl (C=O) groups excluding carboxylic acids is 2. The lowest BCUT2D eigenvalue weighted by Gasteiger charge is -2.16. The molecule has 1 saturated carbocycles. The predicted molar refractivity (Wildman–Crippen MR) is 156 cm³/mol. The molecule has 1 aliphatic carbocycles. The van der Waals surface area contributed by atoms with E-state index in [0.717, 1.165) is 18.4 Å². The van der Waals surface area contributed by atoms with Crippen molar-refractivity contribution >= 4 is 34.5 Å². The lowest BCUT2D eigenvalue weighted by Crippen LogP contribution is -2.30. The molecule has 0 unspecified atom stereocenters. The van der Waals surface area contributed by atoms with Gasteiger partial charge in [0.15, 0.2) is 11.5 Å². The van der Waals surface area contributed by atoms with E-state index in [9.17, 15) is 9.59 Å². The first-order chi connectivity index (χ1) is 20.0. The van der Waals surface area contributed by atoms with E-state index >= 15 is 0 Å². The summed E-state index contributed by atoms with van der Waals surface area (Å²) in [6.45, 7) is 2.07. The molecular formula is C30H32N8O3. The molecule has 6 rings (SSSR count). The number of nitrogens with one attached hydrogen (secondary N) is 3. The van der Waals surface area contributed by atoms with Gasteiger partial charge in [0, 0.05) is 61.8 Å². The normalized spacial score (nSPS) is 16.9. The lowest BCUT2D eigenvalue weighted by molar-refractivity contribution is -0.125. The van der Waals surface area contributed by atoms with Crippen LogP contribution in [0.2, 0.25) is 0 Å². The van der Waals surface area contributed by atoms with E-state index < -0.39 is 0 Å². The monoisotopic (exact) mass is 552 g/mol. The van der Waals surface area contributed by atoms with Crippen LogP contribution in [-0.4, -0.2) is 80.5 Å². The third-order valence-corrected chi connectivity index (χ3v) is 7.34. The number of carbonyl (C=O) groups is 2. The Morgan fingerprint density at radius 1 is 1.10 bits per heavy atom. The van der Waals surface area contributed by atoms with Crippen LogP contribution in [0.1, 0.15) is 29.6 Å². The zero-order valence-corrected chi connectivity index (χ0v) is 22.8. The maximum atomic E-state index is 12.7. The second kappa shape index (κ2) is 11.8. The highest BCUT2D eigenvalue weighted by Crippen LogP contribution is 2.33. The third kappa shape index (κ3) is 6.36. The Bertz CT molecular complexity index is 1550. The molecule has 11 heteroatoms. The molecular weight excluding hydrogens is 520 g/mol. The number of hydrogen-bond donors (Lipinski definition) is 3. The topological polar surface area (TPSA) is 128 Å². The van der Waals surface area contributed by atoms with Gasteiger partial charge in [-0.05, 0) is 62.7 Å². The molecule has 2 aliphatic rings. The molecule has 41 heavy (non-hydrogen) atoms. The largest absolute Gasteiger partial charge is 0.456 e. The summed E-state index contributed by atoms with van der Waals surface area (Å²) in [5, 5.41) is 14.4. The maximum Gasteiger partial charge on any atom is 0.256 e. The summed E-state index contributed by atoms with van der Waals surface area (Å²) in [6.07, 6.45) is 10.2. The van der Waals surface area contributed by atoms with Crippen molar-refractivity contribution in [2.24, 2.45) is 0 Å². The Morgan fingerprint density at radius 2 is 1.95 bits per heavy atom. The van der Waals surface area contributed by atoms with Gasteiger partial charge in [0.05, 0.1) is 0 Å². The number of likely N-dealkylation sites (tertiary alicyclic amines) is 1. The second-order valence-electron chi connectivity index (χ2n) is 10.4. The van der Waals surface area contributed by atoms with E-state index in [4.69, 9.17) is 4.74 Å². The van der Waals surface area contributed by atoms with Gasteiger partial charge < -0.3 is 20.3 Å². The summed E-state index contributed by atoms with van der Waals surface area (Å²) in [4.78, 5) is 37.9. The molecule has 2 amide bonds. The molecule has 3 N–H and O–H groups in total. The number of amides is 2. The number of H-pyrrole nitrogens is 1.